The fourth-order valence-corrected chi connectivity index (χ4v) is 5.31. The molecular weight excluding hydrogens is 432 g/mol. The minimum atomic E-state index is -0.241. The summed E-state index contributed by atoms with van der Waals surface area (Å²) in [6.45, 7) is 6.67. The van der Waals surface area contributed by atoms with E-state index >= 15 is 0 Å². The van der Waals surface area contributed by atoms with Crippen molar-refractivity contribution in [2.45, 2.75) is 44.6 Å². The molecule has 1 saturated carbocycles. The summed E-state index contributed by atoms with van der Waals surface area (Å²) in [6.07, 6.45) is 7.98. The third-order valence-electron chi connectivity index (χ3n) is 7.24. The predicted octanol–water partition coefficient (Wildman–Crippen LogP) is 2.85. The molecule has 0 bridgehead atoms. The molecule has 184 valence electrons. The van der Waals surface area contributed by atoms with Crippen molar-refractivity contribution in [2.24, 2.45) is 11.7 Å². The van der Waals surface area contributed by atoms with Gasteiger partial charge in [-0.2, -0.15) is 4.98 Å². The Morgan fingerprint density at radius 1 is 1.15 bits per heavy atom. The van der Waals surface area contributed by atoms with E-state index in [1.165, 1.54) is 0 Å². The van der Waals surface area contributed by atoms with Crippen LogP contribution in [0.15, 0.2) is 29.2 Å². The molecule has 2 aliphatic heterocycles. The lowest BCUT2D eigenvalue weighted by Gasteiger charge is -2.30. The molecule has 3 aliphatic rings. The first kappa shape index (κ1) is 23.1. The molecule has 0 radical (unpaired) electrons. The lowest BCUT2D eigenvalue weighted by Crippen LogP contribution is -2.43. The smallest absolute Gasteiger partial charge is 0.350 e. The zero-order valence-electron chi connectivity index (χ0n) is 19.8. The largest absolute Gasteiger partial charge is 0.491 e. The monoisotopic (exact) mass is 468 g/mol. The zero-order chi connectivity index (χ0) is 23.3. The van der Waals surface area contributed by atoms with Crippen molar-refractivity contribution in [3.05, 3.63) is 34.9 Å². The van der Waals surface area contributed by atoms with Crippen LogP contribution in [0.25, 0.3) is 0 Å². The van der Waals surface area contributed by atoms with Crippen LogP contribution in [0.4, 0.5) is 11.5 Å². The van der Waals surface area contributed by atoms with Crippen LogP contribution in [0.2, 0.25) is 0 Å². The number of piperazine rings is 1. The molecule has 2 fully saturated rings. The highest BCUT2D eigenvalue weighted by Gasteiger charge is 2.27. The Kier molecular flexibility index (Phi) is 7.32. The van der Waals surface area contributed by atoms with Crippen LogP contribution < -0.4 is 31.5 Å². The third kappa shape index (κ3) is 5.21. The Balaban J connectivity index is 1.23. The number of anilines is 2. The minimum Gasteiger partial charge on any atom is -0.491 e. The van der Waals surface area contributed by atoms with Gasteiger partial charge in [-0.3, -0.25) is 4.57 Å². The van der Waals surface area contributed by atoms with Crippen LogP contribution in [0.1, 0.15) is 44.6 Å². The second kappa shape index (κ2) is 10.8. The maximum absolute atomic E-state index is 12.9. The number of fused-ring (bicyclic) bond motifs is 2. The molecule has 34 heavy (non-hydrogen) atoms. The van der Waals surface area contributed by atoms with E-state index in [9.17, 15) is 4.79 Å². The summed E-state index contributed by atoms with van der Waals surface area (Å²) in [4.78, 5) is 19.6. The average molecular weight is 469 g/mol. The SMILES string of the molecule is NCCC1CCC(n2cc3c(nc2=O)Nc2c(OCCCN4CCNCC4)cccc2O3)CC1. The van der Waals surface area contributed by atoms with Gasteiger partial charge < -0.3 is 30.7 Å². The molecule has 1 aliphatic carbocycles. The highest BCUT2D eigenvalue weighted by atomic mass is 16.5. The van der Waals surface area contributed by atoms with E-state index in [4.69, 9.17) is 15.2 Å². The summed E-state index contributed by atoms with van der Waals surface area (Å²) in [5.41, 5.74) is 6.20. The van der Waals surface area contributed by atoms with Gasteiger partial charge in [-0.1, -0.05) is 6.07 Å². The molecule has 1 saturated heterocycles. The van der Waals surface area contributed by atoms with Crippen molar-refractivity contribution in [1.29, 1.82) is 0 Å². The quantitative estimate of drug-likeness (QED) is 0.433. The number of aromatic nitrogens is 2. The Morgan fingerprint density at radius 3 is 2.76 bits per heavy atom. The summed E-state index contributed by atoms with van der Waals surface area (Å²) in [6, 6.07) is 5.92. The standard InChI is InChI=1S/C25H36N6O3/c26-10-9-18-5-7-19(8-6-18)31-17-22-24(29-25(31)32)28-23-20(3-1-4-21(23)34-22)33-16-2-13-30-14-11-27-12-15-30/h1,3-4,17-19,27H,2,5-16,26H2,(H,28,29,32). The normalized spacial score (nSPS) is 22.3. The summed E-state index contributed by atoms with van der Waals surface area (Å²) in [5.74, 6) is 3.09. The van der Waals surface area contributed by atoms with E-state index in [-0.39, 0.29) is 11.7 Å². The van der Waals surface area contributed by atoms with Crippen LogP contribution in [-0.2, 0) is 0 Å². The van der Waals surface area contributed by atoms with Crippen molar-refractivity contribution >= 4 is 11.5 Å². The number of nitrogens with one attached hydrogen (secondary N) is 2. The zero-order valence-corrected chi connectivity index (χ0v) is 19.8. The molecule has 2 aromatic rings. The second-order valence-corrected chi connectivity index (χ2v) is 9.55. The first-order valence-electron chi connectivity index (χ1n) is 12.7. The van der Waals surface area contributed by atoms with E-state index in [0.29, 0.717) is 35.6 Å². The van der Waals surface area contributed by atoms with Gasteiger partial charge in [0, 0.05) is 38.8 Å². The fourth-order valence-electron chi connectivity index (χ4n) is 5.31. The van der Waals surface area contributed by atoms with Gasteiger partial charge in [0.2, 0.25) is 0 Å². The van der Waals surface area contributed by atoms with E-state index in [1.54, 1.807) is 4.57 Å². The fraction of sp³-hybridized carbons (Fsp3) is 0.600. The first-order valence-corrected chi connectivity index (χ1v) is 12.7. The first-order chi connectivity index (χ1) is 16.7. The molecule has 5 rings (SSSR count). The van der Waals surface area contributed by atoms with Crippen LogP contribution >= 0.6 is 0 Å². The summed E-state index contributed by atoms with van der Waals surface area (Å²) >= 11 is 0. The van der Waals surface area contributed by atoms with Crippen LogP contribution in [-0.4, -0.2) is 60.3 Å². The number of para-hydroxylation sites is 1. The molecular formula is C25H36N6O3. The number of rotatable bonds is 8. The maximum Gasteiger partial charge on any atom is 0.350 e. The number of nitrogens with zero attached hydrogens (tertiary/aromatic N) is 3. The Bertz CT molecular complexity index is 1030. The van der Waals surface area contributed by atoms with Crippen molar-refractivity contribution in [1.82, 2.24) is 19.8 Å². The number of hydrogen-bond donors (Lipinski definition) is 3. The van der Waals surface area contributed by atoms with Crippen molar-refractivity contribution in [3.63, 3.8) is 0 Å². The Labute approximate surface area is 200 Å². The minimum absolute atomic E-state index is 0.162. The van der Waals surface area contributed by atoms with E-state index in [1.807, 2.05) is 24.4 Å². The Morgan fingerprint density at radius 2 is 1.97 bits per heavy atom. The molecule has 0 unspecified atom stereocenters. The summed E-state index contributed by atoms with van der Waals surface area (Å²) in [7, 11) is 0. The summed E-state index contributed by atoms with van der Waals surface area (Å²) in [5, 5.41) is 6.66. The van der Waals surface area contributed by atoms with Gasteiger partial charge in [-0.15, -0.1) is 0 Å². The van der Waals surface area contributed by atoms with Crippen molar-refractivity contribution in [3.8, 4) is 17.2 Å². The number of ether oxygens (including phenoxy) is 2. The van der Waals surface area contributed by atoms with Crippen molar-refractivity contribution < 1.29 is 9.47 Å². The lowest BCUT2D eigenvalue weighted by atomic mass is 9.84. The highest BCUT2D eigenvalue weighted by molar-refractivity contribution is 5.77. The molecule has 0 spiro atoms. The molecule has 1 aromatic carbocycles. The van der Waals surface area contributed by atoms with Crippen molar-refractivity contribution in [2.75, 3.05) is 51.2 Å². The van der Waals surface area contributed by atoms with Gasteiger partial charge in [-0.25, -0.2) is 4.79 Å². The van der Waals surface area contributed by atoms with Gasteiger partial charge in [-0.05, 0) is 63.1 Å². The number of benzene rings is 1. The van der Waals surface area contributed by atoms with Gasteiger partial charge in [0.05, 0.1) is 12.8 Å². The van der Waals surface area contributed by atoms with Gasteiger partial charge in [0.25, 0.3) is 0 Å². The average Bonchev–Trinajstić information content (AvgIpc) is 2.87. The second-order valence-electron chi connectivity index (χ2n) is 9.55. The van der Waals surface area contributed by atoms with Crippen LogP contribution in [0, 0.1) is 5.92 Å². The summed E-state index contributed by atoms with van der Waals surface area (Å²) < 4.78 is 14.0. The van der Waals surface area contributed by atoms with Crippen LogP contribution in [0.3, 0.4) is 0 Å². The van der Waals surface area contributed by atoms with E-state index in [2.05, 4.69) is 20.5 Å². The molecule has 3 heterocycles. The van der Waals surface area contributed by atoms with E-state index in [0.717, 1.165) is 83.5 Å². The molecule has 9 heteroatoms. The molecule has 4 N–H and O–H groups in total. The topological polar surface area (TPSA) is 107 Å². The maximum atomic E-state index is 12.9. The van der Waals surface area contributed by atoms with Gasteiger partial charge >= 0.3 is 5.69 Å². The third-order valence-corrected chi connectivity index (χ3v) is 7.24. The lowest BCUT2D eigenvalue weighted by molar-refractivity contribution is 0.214. The van der Waals surface area contributed by atoms with Crippen LogP contribution in [0.5, 0.6) is 17.2 Å². The van der Waals surface area contributed by atoms with E-state index < -0.39 is 0 Å². The molecule has 9 nitrogen and oxygen atoms in total. The molecule has 0 amide bonds. The van der Waals surface area contributed by atoms with Gasteiger partial charge in [0.1, 0.15) is 11.4 Å². The number of nitrogens with two attached hydrogens (primary N) is 1. The Hall–Kier alpha value is -2.62. The number of hydrogen-bond acceptors (Lipinski definition) is 8. The highest BCUT2D eigenvalue weighted by Crippen LogP contribution is 2.45. The predicted molar refractivity (Wildman–Crippen MR) is 132 cm³/mol. The van der Waals surface area contributed by atoms with Gasteiger partial charge in [0.15, 0.2) is 17.3 Å². The molecule has 1 aromatic heterocycles. The molecule has 0 atom stereocenters.